The molecule has 23 nitrogen and oxygen atoms in total. The van der Waals surface area contributed by atoms with Gasteiger partial charge in [-0.3, -0.25) is 48.4 Å². The van der Waals surface area contributed by atoms with Crippen LogP contribution >= 0.6 is 0 Å². The molecule has 6 amide bonds. The summed E-state index contributed by atoms with van der Waals surface area (Å²) in [5.41, 5.74) is 9.87. The van der Waals surface area contributed by atoms with Crippen molar-refractivity contribution in [2.45, 2.75) is 184 Å². The lowest BCUT2D eigenvalue weighted by Gasteiger charge is -2.35. The zero-order chi connectivity index (χ0) is 68.7. The van der Waals surface area contributed by atoms with E-state index < -0.39 is 95.8 Å². The molecule has 2 fully saturated rings. The van der Waals surface area contributed by atoms with Crippen molar-refractivity contribution in [3.63, 3.8) is 0 Å². The summed E-state index contributed by atoms with van der Waals surface area (Å²) in [6, 6.07) is 14.2. The predicted octanol–water partition coefficient (Wildman–Crippen LogP) is 9.15. The van der Waals surface area contributed by atoms with Crippen LogP contribution in [0.15, 0.2) is 98.1 Å². The number of hydrazine groups is 2. The van der Waals surface area contributed by atoms with Crippen LogP contribution in [0.2, 0.25) is 0 Å². The van der Waals surface area contributed by atoms with Crippen molar-refractivity contribution in [2.75, 3.05) is 13.1 Å². The van der Waals surface area contributed by atoms with Gasteiger partial charge in [0.1, 0.15) is 54.1 Å². The van der Waals surface area contributed by atoms with Crippen LogP contribution in [0.5, 0.6) is 0 Å². The zero-order valence-electron chi connectivity index (χ0n) is 56.0. The monoisotopic (exact) mass is 1270 g/mol. The second-order valence-electron chi connectivity index (χ2n) is 24.6. The summed E-state index contributed by atoms with van der Waals surface area (Å²) < 4.78 is 16.7. The van der Waals surface area contributed by atoms with E-state index in [4.69, 9.17) is 19.3 Å². The first-order valence-corrected chi connectivity index (χ1v) is 31.3. The van der Waals surface area contributed by atoms with E-state index in [9.17, 15) is 43.2 Å². The Labute approximate surface area is 540 Å². The average Bonchev–Trinajstić information content (AvgIpc) is 1.14. The van der Waals surface area contributed by atoms with E-state index in [1.807, 2.05) is 81.4 Å². The van der Waals surface area contributed by atoms with E-state index in [1.165, 1.54) is 10.0 Å². The number of carbonyl (C=O) groups is 9. The number of hydrogen-bond acceptors (Lipinski definition) is 16. The molecule has 0 unspecified atom stereocenters. The zero-order valence-corrected chi connectivity index (χ0v) is 56.0. The van der Waals surface area contributed by atoms with E-state index in [-0.39, 0.29) is 35.5 Å². The summed E-state index contributed by atoms with van der Waals surface area (Å²) in [6.45, 7) is 34.4. The maximum Gasteiger partial charge on any atom is 0.408 e. The number of benzene rings is 2. The van der Waals surface area contributed by atoms with Crippen molar-refractivity contribution in [1.29, 1.82) is 0 Å². The summed E-state index contributed by atoms with van der Waals surface area (Å²) in [6.07, 6.45) is 10.6. The molecule has 0 bridgehead atoms. The number of hydrogen-bond donors (Lipinski definition) is 7. The highest BCUT2D eigenvalue weighted by atomic mass is 16.6. The number of aliphatic carboxylic acids is 1. The normalized spacial score (nSPS) is 17.6. The third-order valence-corrected chi connectivity index (χ3v) is 14.9. The molecule has 2 aliphatic rings. The van der Waals surface area contributed by atoms with Crippen LogP contribution in [-0.4, -0.2) is 134 Å². The number of esters is 2. The van der Waals surface area contributed by atoms with Crippen molar-refractivity contribution >= 4 is 87.5 Å². The molecule has 0 spiro atoms. The van der Waals surface area contributed by atoms with E-state index in [1.54, 1.807) is 120 Å². The molecular formula is C69H96N10O13. The van der Waals surface area contributed by atoms with Gasteiger partial charge < -0.3 is 40.6 Å². The number of ether oxygens (including phenoxy) is 3. The molecule has 7 N–H and O–H groups in total. The molecule has 4 heterocycles. The van der Waals surface area contributed by atoms with Crippen molar-refractivity contribution in [1.82, 2.24) is 52.1 Å². The van der Waals surface area contributed by atoms with Gasteiger partial charge in [-0.2, -0.15) is 0 Å². The Bertz CT molecular complexity index is 3320. The summed E-state index contributed by atoms with van der Waals surface area (Å²) in [4.78, 5) is 123. The maximum atomic E-state index is 13.2. The second kappa shape index (κ2) is 35.7. The topological polar surface area (TPSA) is 306 Å². The average molecular weight is 1270 g/mol. The molecule has 0 radical (unpaired) electrons. The van der Waals surface area contributed by atoms with E-state index in [0.29, 0.717) is 50.2 Å². The van der Waals surface area contributed by atoms with Crippen molar-refractivity contribution in [2.24, 2.45) is 23.7 Å². The minimum atomic E-state index is -0.914. The smallest absolute Gasteiger partial charge is 0.408 e. The Morgan fingerprint density at radius 2 is 0.967 bits per heavy atom. The van der Waals surface area contributed by atoms with Crippen molar-refractivity contribution in [3.05, 3.63) is 121 Å². The van der Waals surface area contributed by atoms with E-state index in [0.717, 1.165) is 32.9 Å². The molecule has 2 aliphatic heterocycles. The molecule has 500 valence electrons. The van der Waals surface area contributed by atoms with Gasteiger partial charge in [0, 0.05) is 23.9 Å². The Hall–Kier alpha value is -8.83. The van der Waals surface area contributed by atoms with Gasteiger partial charge in [-0.1, -0.05) is 121 Å². The standard InChI is InChI=1S/C32H43N5O5.C31H43N5O6.C6H10O2/c1-8-11-20(5)29(38)35-28(19(3)4)30(39)33-21(6)31(40)37-17-10-12-26(36-37)32(41)42-22(7)25-16-15-24-14-13-23(9-2)18-27(24)34-25;1-9-21-12-13-22-14-15-23(33-25(22)17-21)20(5)41-29(39)24-11-10-16-36(35-24)28(38)19(4)32-27(37)26(18(2)3)34-30(40)42-31(6,7)8;1-3-4-5(2)6(7)8/h8-9,11,13-16,18-22,26,28,36H,2,10,12,17H2,1,3-7H3,(H,33,39)(H,35,38);9,12-15,17-20,24,26,35H,1,10-11,16H2,2-8H3,(H,32,37)(H,34,40);3-5H,1-2H3,(H,7,8)/b11-8+;;4-3+/t20-,21-,22+,26-,28-;19-,20+,24-,26-;5-/m000/s1. The fourth-order valence-electron chi connectivity index (χ4n) is 9.60. The molecular weight excluding hydrogens is 1180 g/mol. The van der Waals surface area contributed by atoms with Gasteiger partial charge in [0.15, 0.2) is 0 Å². The first-order chi connectivity index (χ1) is 43.3. The van der Waals surface area contributed by atoms with Crippen molar-refractivity contribution in [3.8, 4) is 0 Å². The van der Waals surface area contributed by atoms with Crippen LogP contribution in [0.4, 0.5) is 4.79 Å². The number of aromatic nitrogens is 2. The number of carbonyl (C=O) groups excluding carboxylic acids is 8. The third-order valence-electron chi connectivity index (χ3n) is 14.9. The number of rotatable bonds is 22. The number of nitrogens with one attached hydrogen (secondary N) is 6. The highest BCUT2D eigenvalue weighted by Crippen LogP contribution is 2.25. The molecule has 10 atom stereocenters. The number of allylic oxidation sites excluding steroid dienone is 2. The number of fused-ring (bicyclic) bond motifs is 2. The predicted molar refractivity (Wildman–Crippen MR) is 354 cm³/mol. The first-order valence-electron chi connectivity index (χ1n) is 31.3. The molecule has 2 aromatic carbocycles. The van der Waals surface area contributed by atoms with Gasteiger partial charge in [0.2, 0.25) is 17.7 Å². The fraction of sp³-hybridized carbons (Fsp3) is 0.493. The van der Waals surface area contributed by atoms with Gasteiger partial charge in [-0.15, -0.1) is 0 Å². The summed E-state index contributed by atoms with van der Waals surface area (Å²) in [5.74, 6) is -4.98. The van der Waals surface area contributed by atoms with E-state index >= 15 is 0 Å². The molecule has 23 heteroatoms. The number of nitrogens with zero attached hydrogens (tertiary/aromatic N) is 4. The lowest BCUT2D eigenvalue weighted by Crippen LogP contribution is -2.61. The lowest BCUT2D eigenvalue weighted by molar-refractivity contribution is -0.158. The Balaban J connectivity index is 0.000000350. The van der Waals surface area contributed by atoms with Gasteiger partial charge in [-0.05, 0) is 142 Å². The van der Waals surface area contributed by atoms with Crippen LogP contribution < -0.4 is 32.1 Å². The molecule has 4 aromatic rings. The lowest BCUT2D eigenvalue weighted by atomic mass is 10.0. The molecule has 0 aliphatic carbocycles. The number of amides is 6. The Morgan fingerprint density at radius 1 is 0.576 bits per heavy atom. The number of alkyl carbamates (subject to hydrolysis) is 1. The van der Waals surface area contributed by atoms with E-state index in [2.05, 4.69) is 55.2 Å². The van der Waals surface area contributed by atoms with Crippen LogP contribution in [0.3, 0.4) is 0 Å². The van der Waals surface area contributed by atoms with Crippen LogP contribution in [0, 0.1) is 23.7 Å². The fourth-order valence-corrected chi connectivity index (χ4v) is 9.60. The van der Waals surface area contributed by atoms with Crippen LogP contribution in [0.25, 0.3) is 34.0 Å². The molecule has 2 aromatic heterocycles. The second-order valence-corrected chi connectivity index (χ2v) is 24.6. The third kappa shape index (κ3) is 23.1. The van der Waals surface area contributed by atoms with Crippen LogP contribution in [0.1, 0.15) is 164 Å². The summed E-state index contributed by atoms with van der Waals surface area (Å²) >= 11 is 0. The quantitative estimate of drug-likeness (QED) is 0.0219. The van der Waals surface area contributed by atoms with Gasteiger partial charge in [-0.25, -0.2) is 25.6 Å². The highest BCUT2D eigenvalue weighted by Gasteiger charge is 2.37. The van der Waals surface area contributed by atoms with Crippen LogP contribution in [-0.2, 0) is 52.6 Å². The van der Waals surface area contributed by atoms with Gasteiger partial charge in [0.05, 0.1) is 34.3 Å². The summed E-state index contributed by atoms with van der Waals surface area (Å²) in [5, 5.41) is 23.6. The Kier molecular flexibility index (Phi) is 29.3. The number of carboxylic acids is 1. The SMILES string of the molecule is C/C=C/[C@H](C)C(=O)O.C=Cc1ccc2ccc([C@@H](C)OC(=O)[C@@H]3CCCN(C(=O)[C@H](C)NC(=O)[C@@H](NC(=O)OC(C)(C)C)C(C)C)N3)nc2c1.C=Cc1ccc2ccc([C@@H](C)OC(=O)[C@@H]3CCCN(C(=O)[C@H](C)NC(=O)[C@@H](NC(=O)[C@@H](C)/C=C/C)C(C)C)N3)nc2c1. The Morgan fingerprint density at radius 3 is 1.33 bits per heavy atom. The molecule has 6 rings (SSSR count). The molecule has 92 heavy (non-hydrogen) atoms. The maximum absolute atomic E-state index is 13.2. The first kappa shape index (κ1) is 75.6. The van der Waals surface area contributed by atoms with Gasteiger partial charge >= 0.3 is 24.0 Å². The van der Waals surface area contributed by atoms with Crippen molar-refractivity contribution < 1.29 is 62.5 Å². The molecule has 2 saturated heterocycles. The number of pyridine rings is 2. The minimum absolute atomic E-state index is 0.190. The largest absolute Gasteiger partial charge is 0.481 e. The minimum Gasteiger partial charge on any atom is -0.481 e. The molecule has 0 saturated carbocycles. The highest BCUT2D eigenvalue weighted by molar-refractivity contribution is 5.94. The summed E-state index contributed by atoms with van der Waals surface area (Å²) in [7, 11) is 0. The van der Waals surface area contributed by atoms with Gasteiger partial charge in [0.25, 0.3) is 11.8 Å². The number of carboxylic acid groups (broad SMARTS) is 1.